The molecule has 1 amide bonds. The summed E-state index contributed by atoms with van der Waals surface area (Å²) in [5, 5.41) is 0. The summed E-state index contributed by atoms with van der Waals surface area (Å²) in [4.78, 5) is 31.0. The molecule has 3 fully saturated rings. The van der Waals surface area contributed by atoms with Crippen LogP contribution in [0.4, 0.5) is 0 Å². The Bertz CT molecular complexity index is 404. The molecule has 0 aromatic carbocycles. The largest absolute Gasteiger partial charge is 0.339 e. The monoisotopic (exact) mass is 293 g/mol. The average molecular weight is 293 g/mol. The van der Waals surface area contributed by atoms with Gasteiger partial charge in [0.1, 0.15) is 5.78 Å². The van der Waals surface area contributed by atoms with Crippen LogP contribution >= 0.6 is 0 Å². The maximum absolute atomic E-state index is 12.5. The second-order valence-corrected chi connectivity index (χ2v) is 6.83. The van der Waals surface area contributed by atoms with E-state index in [4.69, 9.17) is 0 Å². The maximum Gasteiger partial charge on any atom is 0.236 e. The van der Waals surface area contributed by atoms with Crippen molar-refractivity contribution in [3.05, 3.63) is 0 Å². The SMILES string of the molecule is CN1CCN(C(=O)CN2CCCC2C2CCCC2=O)CC1. The molecule has 5 nitrogen and oxygen atoms in total. The fraction of sp³-hybridized carbons (Fsp3) is 0.875. The number of ketones is 1. The van der Waals surface area contributed by atoms with E-state index >= 15 is 0 Å². The molecule has 0 N–H and O–H groups in total. The van der Waals surface area contributed by atoms with E-state index in [-0.39, 0.29) is 11.8 Å². The Morgan fingerprint density at radius 3 is 2.52 bits per heavy atom. The molecule has 21 heavy (non-hydrogen) atoms. The molecule has 2 unspecified atom stereocenters. The number of carbonyl (C=O) groups excluding carboxylic acids is 2. The number of nitrogens with zero attached hydrogens (tertiary/aromatic N) is 3. The van der Waals surface area contributed by atoms with Crippen molar-refractivity contribution in [3.63, 3.8) is 0 Å². The number of piperazine rings is 1. The minimum Gasteiger partial charge on any atom is -0.339 e. The standard InChI is InChI=1S/C16H27N3O2/c1-17-8-10-18(11-9-17)16(21)12-19-7-3-5-14(19)13-4-2-6-15(13)20/h13-14H,2-12H2,1H3. The van der Waals surface area contributed by atoms with Gasteiger partial charge < -0.3 is 9.80 Å². The zero-order chi connectivity index (χ0) is 14.8. The second-order valence-electron chi connectivity index (χ2n) is 6.83. The molecule has 1 aliphatic carbocycles. The van der Waals surface area contributed by atoms with Crippen molar-refractivity contribution in [1.29, 1.82) is 0 Å². The summed E-state index contributed by atoms with van der Waals surface area (Å²) in [6, 6.07) is 0.330. The third-order valence-electron chi connectivity index (χ3n) is 5.42. The minimum atomic E-state index is 0.202. The van der Waals surface area contributed by atoms with Crippen molar-refractivity contribution in [3.8, 4) is 0 Å². The Kier molecular flexibility index (Phi) is 4.60. The van der Waals surface area contributed by atoms with E-state index in [0.717, 1.165) is 64.8 Å². The fourth-order valence-electron chi connectivity index (χ4n) is 4.08. The lowest BCUT2D eigenvalue weighted by atomic mass is 9.95. The molecule has 1 saturated carbocycles. The van der Waals surface area contributed by atoms with E-state index in [1.807, 2.05) is 4.90 Å². The van der Waals surface area contributed by atoms with Crippen LogP contribution < -0.4 is 0 Å². The number of hydrogen-bond acceptors (Lipinski definition) is 4. The van der Waals surface area contributed by atoms with Crippen LogP contribution in [0.25, 0.3) is 0 Å². The molecule has 2 heterocycles. The highest BCUT2D eigenvalue weighted by molar-refractivity contribution is 5.84. The van der Waals surface area contributed by atoms with Crippen LogP contribution in [-0.4, -0.2) is 78.7 Å². The lowest BCUT2D eigenvalue weighted by Gasteiger charge is -2.35. The predicted molar refractivity (Wildman–Crippen MR) is 81.0 cm³/mol. The van der Waals surface area contributed by atoms with Crippen molar-refractivity contribution in [2.24, 2.45) is 5.92 Å². The summed E-state index contributed by atoms with van der Waals surface area (Å²) in [7, 11) is 2.10. The molecule has 0 spiro atoms. The Labute approximate surface area is 127 Å². The smallest absolute Gasteiger partial charge is 0.236 e. The summed E-state index contributed by atoms with van der Waals surface area (Å²) < 4.78 is 0. The molecule has 0 aromatic rings. The molecule has 2 saturated heterocycles. The fourth-order valence-corrected chi connectivity index (χ4v) is 4.08. The lowest BCUT2D eigenvalue weighted by Crippen LogP contribution is -2.51. The quantitative estimate of drug-likeness (QED) is 0.764. The molecular weight excluding hydrogens is 266 g/mol. The summed E-state index contributed by atoms with van der Waals surface area (Å²) >= 11 is 0. The van der Waals surface area contributed by atoms with Crippen molar-refractivity contribution in [2.45, 2.75) is 38.1 Å². The summed E-state index contributed by atoms with van der Waals surface area (Å²) in [5.41, 5.74) is 0. The Morgan fingerprint density at radius 1 is 1.10 bits per heavy atom. The molecule has 118 valence electrons. The highest BCUT2D eigenvalue weighted by Gasteiger charge is 2.39. The van der Waals surface area contributed by atoms with E-state index < -0.39 is 0 Å². The maximum atomic E-state index is 12.5. The van der Waals surface area contributed by atoms with Crippen molar-refractivity contribution >= 4 is 11.7 Å². The number of Topliss-reactive ketones (excluding diaryl/α,β-unsaturated/α-hetero) is 1. The molecular formula is C16H27N3O2. The van der Waals surface area contributed by atoms with Gasteiger partial charge in [-0.25, -0.2) is 0 Å². The van der Waals surface area contributed by atoms with Gasteiger partial charge in [-0.3, -0.25) is 14.5 Å². The van der Waals surface area contributed by atoms with Crippen molar-refractivity contribution in [1.82, 2.24) is 14.7 Å². The summed E-state index contributed by atoms with van der Waals surface area (Å²) in [5.74, 6) is 0.882. The number of hydrogen-bond donors (Lipinski definition) is 0. The number of rotatable bonds is 3. The van der Waals surface area contributed by atoms with Gasteiger partial charge in [-0.1, -0.05) is 0 Å². The van der Waals surface area contributed by atoms with Crippen LogP contribution in [0.15, 0.2) is 0 Å². The highest BCUT2D eigenvalue weighted by atomic mass is 16.2. The van der Waals surface area contributed by atoms with E-state index in [1.165, 1.54) is 0 Å². The van der Waals surface area contributed by atoms with Crippen LogP contribution in [0.5, 0.6) is 0 Å². The molecule has 0 radical (unpaired) electrons. The van der Waals surface area contributed by atoms with E-state index in [9.17, 15) is 9.59 Å². The van der Waals surface area contributed by atoms with Gasteiger partial charge in [0.15, 0.2) is 0 Å². The molecule has 3 rings (SSSR count). The molecule has 2 atom stereocenters. The number of likely N-dealkylation sites (tertiary alicyclic amines) is 1. The van der Waals surface area contributed by atoms with Crippen LogP contribution in [0.3, 0.4) is 0 Å². The molecule has 0 bridgehead atoms. The summed E-state index contributed by atoms with van der Waals surface area (Å²) in [6.45, 7) is 5.12. The highest BCUT2D eigenvalue weighted by Crippen LogP contribution is 2.33. The first-order valence-electron chi connectivity index (χ1n) is 8.38. The topological polar surface area (TPSA) is 43.9 Å². The van der Waals surface area contributed by atoms with Gasteiger partial charge in [-0.2, -0.15) is 0 Å². The van der Waals surface area contributed by atoms with E-state index in [1.54, 1.807) is 0 Å². The zero-order valence-electron chi connectivity index (χ0n) is 13.1. The molecule has 5 heteroatoms. The van der Waals surface area contributed by atoms with E-state index in [2.05, 4.69) is 16.8 Å². The number of likely N-dealkylation sites (N-methyl/N-ethyl adjacent to an activating group) is 1. The van der Waals surface area contributed by atoms with Gasteiger partial charge in [0.05, 0.1) is 6.54 Å². The van der Waals surface area contributed by atoms with Gasteiger partial charge in [0.25, 0.3) is 0 Å². The van der Waals surface area contributed by atoms with Crippen LogP contribution in [0, 0.1) is 5.92 Å². The van der Waals surface area contributed by atoms with Gasteiger partial charge >= 0.3 is 0 Å². The summed E-state index contributed by atoms with van der Waals surface area (Å²) in [6.07, 6.45) is 5.04. The van der Waals surface area contributed by atoms with Crippen LogP contribution in [0.2, 0.25) is 0 Å². The van der Waals surface area contributed by atoms with Gasteiger partial charge in [0.2, 0.25) is 5.91 Å². The molecule has 0 aromatic heterocycles. The van der Waals surface area contributed by atoms with Gasteiger partial charge in [0, 0.05) is 44.6 Å². The minimum absolute atomic E-state index is 0.202. The van der Waals surface area contributed by atoms with Crippen molar-refractivity contribution in [2.75, 3.05) is 46.3 Å². The van der Waals surface area contributed by atoms with E-state index in [0.29, 0.717) is 18.4 Å². The lowest BCUT2D eigenvalue weighted by molar-refractivity contribution is -0.135. The average Bonchev–Trinajstić information content (AvgIpc) is 3.08. The van der Waals surface area contributed by atoms with Crippen LogP contribution in [0.1, 0.15) is 32.1 Å². The normalized spacial score (nSPS) is 32.0. The Hall–Kier alpha value is -0.940. The Balaban J connectivity index is 1.56. The van der Waals surface area contributed by atoms with Gasteiger partial charge in [-0.05, 0) is 39.3 Å². The zero-order valence-corrected chi connectivity index (χ0v) is 13.1. The third-order valence-corrected chi connectivity index (χ3v) is 5.42. The first-order valence-corrected chi connectivity index (χ1v) is 8.38. The molecule has 2 aliphatic heterocycles. The number of amides is 1. The predicted octanol–water partition coefficient (Wildman–Crippen LogP) is 0.594. The second kappa shape index (κ2) is 6.44. The van der Waals surface area contributed by atoms with Crippen LogP contribution in [-0.2, 0) is 9.59 Å². The third kappa shape index (κ3) is 3.29. The molecule has 3 aliphatic rings. The van der Waals surface area contributed by atoms with Crippen molar-refractivity contribution < 1.29 is 9.59 Å². The number of carbonyl (C=O) groups is 2. The first kappa shape index (κ1) is 15.0. The Morgan fingerprint density at radius 2 is 1.86 bits per heavy atom. The van der Waals surface area contributed by atoms with Gasteiger partial charge in [-0.15, -0.1) is 0 Å². The first-order chi connectivity index (χ1) is 10.1.